The van der Waals surface area contributed by atoms with Crippen LogP contribution in [0.1, 0.15) is 340 Å². The predicted molar refractivity (Wildman–Crippen MR) is 411 cm³/mol. The highest BCUT2D eigenvalue weighted by Crippen LogP contribution is 2.35. The fraction of sp³-hybridized carbons (Fsp3) is 0.767. The Morgan fingerprint density at radius 3 is 0.783 bits per heavy atom. The van der Waals surface area contributed by atoms with Crippen LogP contribution in [0.2, 0.25) is 0 Å². The first-order valence-electron chi connectivity index (χ1n) is 42.2. The standard InChI is InChI=1S/2C23H33NO4.2C20H35NO4/c2*25-21(18-6-2-1-3-7-18)15-16-24-20(13-14-22(24)26)8-4-5-17-9-11-19(12-10-17)23(27)28;2*22-18(16-8-4-3-5-9-16)14-15-21-17(12-13-19(21)23)10-6-1-2-7-11-20(24)25/h2*9-12,18,20-21,25H,1-8,13-16H2,(H,27,28);2*16-18,22H,1-15H2,(H,24,25)/t2*20?,21-;17-,18+;17-,18-/m1000/s1. The lowest BCUT2D eigenvalue weighted by atomic mass is 9.84. The van der Waals surface area contributed by atoms with E-state index in [0.717, 1.165) is 191 Å². The molecule has 8 fully saturated rings. The lowest BCUT2D eigenvalue weighted by Gasteiger charge is -2.30. The van der Waals surface area contributed by atoms with Crippen molar-refractivity contribution < 1.29 is 79.2 Å². The number of carbonyl (C=O) groups excluding carboxylic acids is 4. The molecule has 20 heteroatoms. The number of unbranched alkanes of at least 4 members (excludes halogenated alkanes) is 6. The largest absolute Gasteiger partial charge is 0.481 e. The van der Waals surface area contributed by atoms with Crippen LogP contribution in [0, 0.1) is 23.7 Å². The molecule has 8 N–H and O–H groups in total. The van der Waals surface area contributed by atoms with E-state index in [2.05, 4.69) is 0 Å². The first-order chi connectivity index (χ1) is 51.2. The van der Waals surface area contributed by atoms with Gasteiger partial charge in [0.25, 0.3) is 0 Å². The van der Waals surface area contributed by atoms with Gasteiger partial charge in [0, 0.05) is 88.9 Å². The number of aromatic carboxylic acids is 2. The number of amides is 4. The minimum absolute atomic E-state index is 0.228. The molecule has 2 aromatic carbocycles. The molecule has 4 aliphatic carbocycles. The summed E-state index contributed by atoms with van der Waals surface area (Å²) in [4.78, 5) is 99.8. The molecule has 596 valence electrons. The molecule has 0 bridgehead atoms. The molecule has 106 heavy (non-hydrogen) atoms. The quantitative estimate of drug-likeness (QED) is 0.0288. The molecule has 8 aliphatic rings. The summed E-state index contributed by atoms with van der Waals surface area (Å²) in [5.74, 6) is -0.607. The molecule has 2 aromatic rings. The Labute approximate surface area is 633 Å². The van der Waals surface area contributed by atoms with Gasteiger partial charge in [0.05, 0.1) is 35.5 Å². The summed E-state index contributed by atoms with van der Waals surface area (Å²) in [7, 11) is 0. The normalized spacial score (nSPS) is 22.5. The van der Waals surface area contributed by atoms with Gasteiger partial charge in [-0.05, 0) is 226 Å². The van der Waals surface area contributed by atoms with E-state index in [-0.39, 0.29) is 73.0 Å². The van der Waals surface area contributed by atoms with Crippen molar-refractivity contribution in [2.45, 2.75) is 370 Å². The third-order valence-corrected chi connectivity index (χ3v) is 25.0. The van der Waals surface area contributed by atoms with Gasteiger partial charge in [0.15, 0.2) is 0 Å². The van der Waals surface area contributed by atoms with E-state index in [1.54, 1.807) is 24.3 Å². The van der Waals surface area contributed by atoms with Crippen LogP contribution in [0.15, 0.2) is 48.5 Å². The number of nitrogens with zero attached hydrogens (tertiary/aromatic N) is 4. The Morgan fingerprint density at radius 1 is 0.311 bits per heavy atom. The molecular weight excluding hydrogens is 1340 g/mol. The number of aliphatic hydroxyl groups excluding tert-OH is 4. The number of carboxylic acids is 4. The SMILES string of the molecule is O=C(O)CCCCCC[C@H]1CCC(=O)N1CC[C@@H](O)C1CCCCC1.O=C(O)CCCCCC[C@H]1CCC(=O)N1CC[C@H](O)C1CCCCC1.O=C(O)c1ccc(CCCC2CCC(=O)N2CC[C@@H](O)C2CCCCC2)cc1.O=C(O)c1ccc(CCCC2CCC(=O)N2CC[C@H](O)C2CCCCC2)cc1. The number of rotatable bonds is 40. The van der Waals surface area contributed by atoms with E-state index >= 15 is 0 Å². The summed E-state index contributed by atoms with van der Waals surface area (Å²) < 4.78 is 0. The summed E-state index contributed by atoms with van der Waals surface area (Å²) in [6, 6.07) is 15.3. The lowest BCUT2D eigenvalue weighted by molar-refractivity contribution is -0.138. The molecule has 2 unspecified atom stereocenters. The number of aliphatic carboxylic acids is 2. The van der Waals surface area contributed by atoms with Crippen molar-refractivity contribution in [2.24, 2.45) is 23.7 Å². The number of aliphatic hydroxyl groups is 4. The van der Waals surface area contributed by atoms with Crippen LogP contribution in [-0.4, -0.2) is 183 Å². The zero-order valence-corrected chi connectivity index (χ0v) is 64.4. The Kier molecular flexibility index (Phi) is 40.0. The Bertz CT molecular complexity index is 2710. The van der Waals surface area contributed by atoms with Crippen molar-refractivity contribution in [3.63, 3.8) is 0 Å². The molecular formula is C86H136N4O16. The van der Waals surface area contributed by atoms with Crippen LogP contribution in [0.5, 0.6) is 0 Å². The summed E-state index contributed by atoms with van der Waals surface area (Å²) in [6.07, 6.45) is 47.8. The number of carbonyl (C=O) groups is 8. The Morgan fingerprint density at radius 2 is 0.547 bits per heavy atom. The topological polar surface area (TPSA) is 311 Å². The van der Waals surface area contributed by atoms with Crippen molar-refractivity contribution in [1.29, 1.82) is 0 Å². The molecule has 8 atom stereocenters. The fourth-order valence-electron chi connectivity index (χ4n) is 18.4. The second kappa shape index (κ2) is 48.5. The molecule has 4 heterocycles. The van der Waals surface area contributed by atoms with Crippen molar-refractivity contribution >= 4 is 47.5 Å². The summed E-state index contributed by atoms with van der Waals surface area (Å²) in [6.45, 7) is 2.74. The maximum Gasteiger partial charge on any atom is 0.335 e. The van der Waals surface area contributed by atoms with Crippen LogP contribution >= 0.6 is 0 Å². The van der Waals surface area contributed by atoms with Gasteiger partial charge in [-0.15, -0.1) is 0 Å². The Balaban J connectivity index is 0.000000198. The average molecular weight is 1480 g/mol. The molecule has 0 spiro atoms. The van der Waals surface area contributed by atoms with Crippen molar-refractivity contribution in [1.82, 2.24) is 19.6 Å². The predicted octanol–water partition coefficient (Wildman–Crippen LogP) is 15.5. The zero-order valence-electron chi connectivity index (χ0n) is 64.4. The van der Waals surface area contributed by atoms with Gasteiger partial charge in [0.1, 0.15) is 0 Å². The first-order valence-corrected chi connectivity index (χ1v) is 42.2. The highest BCUT2D eigenvalue weighted by atomic mass is 16.4. The highest BCUT2D eigenvalue weighted by molar-refractivity contribution is 5.88. The van der Waals surface area contributed by atoms with Crippen LogP contribution < -0.4 is 0 Å². The van der Waals surface area contributed by atoms with Gasteiger partial charge >= 0.3 is 23.9 Å². The van der Waals surface area contributed by atoms with E-state index < -0.39 is 23.9 Å². The number of likely N-dealkylation sites (tertiary alicyclic amines) is 4. The van der Waals surface area contributed by atoms with Gasteiger partial charge in [-0.1, -0.05) is 140 Å². The van der Waals surface area contributed by atoms with E-state index in [4.69, 9.17) is 20.4 Å². The third kappa shape index (κ3) is 31.2. The molecule has 20 nitrogen and oxygen atoms in total. The fourth-order valence-corrected chi connectivity index (χ4v) is 18.4. The van der Waals surface area contributed by atoms with E-state index in [0.29, 0.717) is 124 Å². The number of hydrogen-bond donors (Lipinski definition) is 8. The lowest BCUT2D eigenvalue weighted by Crippen LogP contribution is -2.36. The number of hydrogen-bond acceptors (Lipinski definition) is 12. The van der Waals surface area contributed by atoms with Crippen molar-refractivity contribution in [3.05, 3.63) is 70.8 Å². The molecule has 10 rings (SSSR count). The van der Waals surface area contributed by atoms with E-state index in [1.807, 2.05) is 43.9 Å². The third-order valence-electron chi connectivity index (χ3n) is 25.0. The average Bonchev–Trinajstić information content (AvgIpc) is 1.76. The number of aryl methyl sites for hydroxylation is 2. The highest BCUT2D eigenvalue weighted by Gasteiger charge is 2.36. The number of benzene rings is 2. The van der Waals surface area contributed by atoms with Crippen molar-refractivity contribution in [2.75, 3.05) is 26.2 Å². The monoisotopic (exact) mass is 1480 g/mol. The van der Waals surface area contributed by atoms with E-state index in [1.165, 1.54) is 77.0 Å². The molecule has 0 radical (unpaired) electrons. The Hall–Kier alpha value is -5.96. The smallest absolute Gasteiger partial charge is 0.335 e. The van der Waals surface area contributed by atoms with E-state index in [9.17, 15) is 58.8 Å². The van der Waals surface area contributed by atoms with Gasteiger partial charge in [-0.3, -0.25) is 28.8 Å². The summed E-state index contributed by atoms with van der Waals surface area (Å²) in [5, 5.41) is 77.1. The maximum atomic E-state index is 12.3. The van der Waals surface area contributed by atoms with Crippen LogP contribution in [0.25, 0.3) is 0 Å². The van der Waals surface area contributed by atoms with Gasteiger partial charge in [-0.2, -0.15) is 0 Å². The summed E-state index contributed by atoms with van der Waals surface area (Å²) in [5.41, 5.74) is 2.89. The second-order valence-corrected chi connectivity index (χ2v) is 32.6. The van der Waals surface area contributed by atoms with Crippen LogP contribution in [0.3, 0.4) is 0 Å². The molecule has 4 saturated carbocycles. The van der Waals surface area contributed by atoms with Crippen molar-refractivity contribution in [3.8, 4) is 0 Å². The molecule has 4 aliphatic heterocycles. The van der Waals surface area contributed by atoms with Gasteiger partial charge in [0.2, 0.25) is 23.6 Å². The first kappa shape index (κ1) is 87.3. The van der Waals surface area contributed by atoms with Crippen LogP contribution in [0.4, 0.5) is 0 Å². The maximum absolute atomic E-state index is 12.3. The summed E-state index contributed by atoms with van der Waals surface area (Å²) >= 11 is 0. The number of carboxylic acid groups (broad SMARTS) is 4. The molecule has 4 amide bonds. The molecule has 4 saturated heterocycles. The minimum atomic E-state index is -0.901. The van der Waals surface area contributed by atoms with Gasteiger partial charge in [-0.25, -0.2) is 9.59 Å². The molecule has 0 aromatic heterocycles. The minimum Gasteiger partial charge on any atom is -0.481 e. The zero-order chi connectivity index (χ0) is 76.0. The van der Waals surface area contributed by atoms with Gasteiger partial charge < -0.3 is 60.5 Å². The second-order valence-electron chi connectivity index (χ2n) is 32.6. The van der Waals surface area contributed by atoms with Crippen LogP contribution in [-0.2, 0) is 41.6 Å².